The smallest absolute Gasteiger partial charge is 0.339 e. The highest BCUT2D eigenvalue weighted by Gasteiger charge is 2.22. The number of nitrogens with zero attached hydrogens (tertiary/aromatic N) is 2. The van der Waals surface area contributed by atoms with Gasteiger partial charge in [0.1, 0.15) is 0 Å². The highest BCUT2D eigenvalue weighted by Crippen LogP contribution is 2.30. The van der Waals surface area contributed by atoms with Gasteiger partial charge in [-0.05, 0) is 31.0 Å². The average molecular weight is 290 g/mol. The predicted molar refractivity (Wildman–Crippen MR) is 82.3 cm³/mol. The van der Waals surface area contributed by atoms with Crippen LogP contribution in [0.3, 0.4) is 0 Å². The number of methoxy groups -OCH3 is 1. The second-order valence-electron chi connectivity index (χ2n) is 5.49. The van der Waals surface area contributed by atoms with Gasteiger partial charge in [-0.2, -0.15) is 0 Å². The van der Waals surface area contributed by atoms with Crippen LogP contribution in [0.5, 0.6) is 0 Å². The molecule has 0 N–H and O–H groups in total. The molecular weight excluding hydrogens is 268 g/mol. The number of carbonyl (C=O) groups excluding carboxylic acids is 1. The SMILES string of the molecule is COC(=O)c1ccc(N2CCCC2)cc1N1CCOCC1. The lowest BCUT2D eigenvalue weighted by atomic mass is 10.1. The van der Waals surface area contributed by atoms with Gasteiger partial charge in [0.2, 0.25) is 0 Å². The average Bonchev–Trinajstić information content (AvgIpc) is 3.09. The molecule has 0 saturated carbocycles. The Morgan fingerprint density at radius 1 is 1.10 bits per heavy atom. The van der Waals surface area contributed by atoms with Crippen LogP contribution in [0.15, 0.2) is 18.2 Å². The van der Waals surface area contributed by atoms with Crippen LogP contribution in [0, 0.1) is 0 Å². The standard InChI is InChI=1S/C16H22N2O3/c1-20-16(19)14-5-4-13(17-6-2-3-7-17)12-15(14)18-8-10-21-11-9-18/h4-5,12H,2-3,6-11H2,1H3. The molecule has 0 radical (unpaired) electrons. The van der Waals surface area contributed by atoms with E-state index in [0.717, 1.165) is 31.9 Å². The molecule has 0 aromatic heterocycles. The summed E-state index contributed by atoms with van der Waals surface area (Å²) < 4.78 is 10.3. The van der Waals surface area contributed by atoms with Gasteiger partial charge in [-0.1, -0.05) is 0 Å². The Kier molecular flexibility index (Phi) is 4.29. The molecule has 2 fully saturated rings. The van der Waals surface area contributed by atoms with E-state index < -0.39 is 0 Å². The Morgan fingerprint density at radius 3 is 2.48 bits per heavy atom. The summed E-state index contributed by atoms with van der Waals surface area (Å²) in [5.41, 5.74) is 2.80. The number of benzene rings is 1. The van der Waals surface area contributed by atoms with E-state index in [1.807, 2.05) is 12.1 Å². The van der Waals surface area contributed by atoms with E-state index in [1.165, 1.54) is 25.6 Å². The van der Waals surface area contributed by atoms with E-state index in [2.05, 4.69) is 15.9 Å². The fourth-order valence-electron chi connectivity index (χ4n) is 3.04. The van der Waals surface area contributed by atoms with Gasteiger partial charge >= 0.3 is 5.97 Å². The molecule has 0 atom stereocenters. The molecule has 0 amide bonds. The minimum atomic E-state index is -0.274. The lowest BCUT2D eigenvalue weighted by molar-refractivity contribution is 0.0600. The largest absolute Gasteiger partial charge is 0.465 e. The summed E-state index contributed by atoms with van der Waals surface area (Å²) >= 11 is 0. The van der Waals surface area contributed by atoms with E-state index in [9.17, 15) is 4.79 Å². The quantitative estimate of drug-likeness (QED) is 0.796. The lowest BCUT2D eigenvalue weighted by Gasteiger charge is -2.31. The summed E-state index contributed by atoms with van der Waals surface area (Å²) in [6, 6.07) is 6.05. The summed E-state index contributed by atoms with van der Waals surface area (Å²) in [5.74, 6) is -0.274. The number of morpholine rings is 1. The molecule has 5 nitrogen and oxygen atoms in total. The third kappa shape index (κ3) is 2.97. The van der Waals surface area contributed by atoms with Crippen molar-refractivity contribution >= 4 is 17.3 Å². The first-order valence-electron chi connectivity index (χ1n) is 7.59. The molecule has 3 rings (SSSR count). The zero-order valence-electron chi connectivity index (χ0n) is 12.5. The molecule has 2 heterocycles. The minimum Gasteiger partial charge on any atom is -0.465 e. The van der Waals surface area contributed by atoms with Crippen LogP contribution < -0.4 is 9.80 Å². The summed E-state index contributed by atoms with van der Waals surface area (Å²) in [5, 5.41) is 0. The van der Waals surface area contributed by atoms with Gasteiger partial charge in [-0.15, -0.1) is 0 Å². The fourth-order valence-corrected chi connectivity index (χ4v) is 3.04. The van der Waals surface area contributed by atoms with Crippen molar-refractivity contribution in [2.75, 3.05) is 56.3 Å². The summed E-state index contributed by atoms with van der Waals surface area (Å²) in [7, 11) is 1.43. The van der Waals surface area contributed by atoms with Crippen molar-refractivity contribution in [2.45, 2.75) is 12.8 Å². The predicted octanol–water partition coefficient (Wildman–Crippen LogP) is 1.91. The van der Waals surface area contributed by atoms with Gasteiger partial charge in [-0.3, -0.25) is 0 Å². The lowest BCUT2D eigenvalue weighted by Crippen LogP contribution is -2.37. The van der Waals surface area contributed by atoms with Crippen molar-refractivity contribution in [1.29, 1.82) is 0 Å². The monoisotopic (exact) mass is 290 g/mol. The Bertz CT molecular complexity index is 506. The van der Waals surface area contributed by atoms with E-state index >= 15 is 0 Å². The van der Waals surface area contributed by atoms with E-state index in [-0.39, 0.29) is 5.97 Å². The molecule has 2 aliphatic heterocycles. The van der Waals surface area contributed by atoms with Gasteiger partial charge in [0.25, 0.3) is 0 Å². The van der Waals surface area contributed by atoms with Gasteiger partial charge in [0.15, 0.2) is 0 Å². The van der Waals surface area contributed by atoms with Gasteiger partial charge in [-0.25, -0.2) is 4.79 Å². The van der Waals surface area contributed by atoms with E-state index in [1.54, 1.807) is 0 Å². The van der Waals surface area contributed by atoms with Crippen molar-refractivity contribution in [3.8, 4) is 0 Å². The molecule has 114 valence electrons. The normalized spacial score (nSPS) is 18.9. The van der Waals surface area contributed by atoms with E-state index in [0.29, 0.717) is 18.8 Å². The van der Waals surface area contributed by atoms with Crippen LogP contribution in [-0.4, -0.2) is 52.5 Å². The molecule has 1 aromatic carbocycles. The van der Waals surface area contributed by atoms with Gasteiger partial charge in [0, 0.05) is 31.9 Å². The fraction of sp³-hybridized carbons (Fsp3) is 0.562. The third-order valence-corrected chi connectivity index (χ3v) is 4.21. The van der Waals surface area contributed by atoms with Crippen molar-refractivity contribution in [3.05, 3.63) is 23.8 Å². The zero-order valence-corrected chi connectivity index (χ0v) is 12.5. The Balaban J connectivity index is 1.94. The number of hydrogen-bond acceptors (Lipinski definition) is 5. The molecular formula is C16H22N2O3. The molecule has 0 unspecified atom stereocenters. The van der Waals surface area contributed by atoms with Crippen LogP contribution in [0.25, 0.3) is 0 Å². The van der Waals surface area contributed by atoms with Crippen LogP contribution in [0.1, 0.15) is 23.2 Å². The van der Waals surface area contributed by atoms with Gasteiger partial charge in [0.05, 0.1) is 31.6 Å². The number of anilines is 2. The second kappa shape index (κ2) is 6.35. The molecule has 2 saturated heterocycles. The molecule has 1 aromatic rings. The number of carbonyl (C=O) groups is 1. The first kappa shape index (κ1) is 14.2. The van der Waals surface area contributed by atoms with Crippen LogP contribution in [0.4, 0.5) is 11.4 Å². The molecule has 0 bridgehead atoms. The number of hydrogen-bond donors (Lipinski definition) is 0. The van der Waals surface area contributed by atoms with Crippen molar-refractivity contribution in [2.24, 2.45) is 0 Å². The molecule has 21 heavy (non-hydrogen) atoms. The first-order valence-corrected chi connectivity index (χ1v) is 7.59. The first-order chi connectivity index (χ1) is 10.3. The highest BCUT2D eigenvalue weighted by molar-refractivity contribution is 5.96. The van der Waals surface area contributed by atoms with Crippen molar-refractivity contribution < 1.29 is 14.3 Å². The Morgan fingerprint density at radius 2 is 1.81 bits per heavy atom. The maximum Gasteiger partial charge on any atom is 0.339 e. The Labute approximate surface area is 125 Å². The van der Waals surface area contributed by atoms with Crippen molar-refractivity contribution in [3.63, 3.8) is 0 Å². The maximum atomic E-state index is 12.0. The summed E-state index contributed by atoms with van der Waals surface area (Å²) in [6.45, 7) is 5.23. The van der Waals surface area contributed by atoms with Crippen LogP contribution >= 0.6 is 0 Å². The minimum absolute atomic E-state index is 0.274. The summed E-state index contributed by atoms with van der Waals surface area (Å²) in [6.07, 6.45) is 2.48. The van der Waals surface area contributed by atoms with Crippen LogP contribution in [0.2, 0.25) is 0 Å². The molecule has 0 aliphatic carbocycles. The molecule has 5 heteroatoms. The number of ether oxygens (including phenoxy) is 2. The molecule has 0 spiro atoms. The highest BCUT2D eigenvalue weighted by atomic mass is 16.5. The zero-order chi connectivity index (χ0) is 14.7. The number of esters is 1. The van der Waals surface area contributed by atoms with Crippen molar-refractivity contribution in [1.82, 2.24) is 0 Å². The summed E-state index contributed by atoms with van der Waals surface area (Å²) in [4.78, 5) is 16.6. The Hall–Kier alpha value is -1.75. The number of rotatable bonds is 3. The second-order valence-corrected chi connectivity index (χ2v) is 5.49. The van der Waals surface area contributed by atoms with Crippen LogP contribution in [-0.2, 0) is 9.47 Å². The van der Waals surface area contributed by atoms with E-state index in [4.69, 9.17) is 9.47 Å². The maximum absolute atomic E-state index is 12.0. The topological polar surface area (TPSA) is 42.0 Å². The van der Waals surface area contributed by atoms with Gasteiger partial charge < -0.3 is 19.3 Å². The molecule has 2 aliphatic rings. The third-order valence-electron chi connectivity index (χ3n) is 4.21.